The maximum atomic E-state index is 12.6. The molecule has 0 radical (unpaired) electrons. The summed E-state index contributed by atoms with van der Waals surface area (Å²) in [6.45, 7) is 7.42. The fourth-order valence-electron chi connectivity index (χ4n) is 3.58. The zero-order valence-corrected chi connectivity index (χ0v) is 15.6. The molecule has 2 aliphatic rings. The van der Waals surface area contributed by atoms with Crippen LogP contribution in [0.5, 0.6) is 0 Å². The van der Waals surface area contributed by atoms with Crippen LogP contribution >= 0.6 is 0 Å². The smallest absolute Gasteiger partial charge is 0.227 e. The average molecular weight is 365 g/mol. The van der Waals surface area contributed by atoms with Crippen LogP contribution in [0, 0.1) is 0 Å². The summed E-state index contributed by atoms with van der Waals surface area (Å²) in [6, 6.07) is 7.20. The van der Waals surface area contributed by atoms with Gasteiger partial charge in [-0.3, -0.25) is 9.69 Å². The van der Waals surface area contributed by atoms with E-state index >= 15 is 0 Å². The zero-order valence-electron chi connectivity index (χ0n) is 14.8. The molecule has 1 atom stereocenters. The predicted molar refractivity (Wildman–Crippen MR) is 97.3 cm³/mol. The molecule has 2 fully saturated rings. The molecule has 1 aromatic rings. The molecule has 138 valence electrons. The van der Waals surface area contributed by atoms with Gasteiger partial charge in [0.05, 0.1) is 17.1 Å². The van der Waals surface area contributed by atoms with Crippen molar-refractivity contribution in [1.29, 1.82) is 0 Å². The first kappa shape index (κ1) is 18.4. The van der Waals surface area contributed by atoms with Crippen molar-refractivity contribution in [2.75, 3.05) is 45.0 Å². The van der Waals surface area contributed by atoms with Gasteiger partial charge >= 0.3 is 0 Å². The molecular formula is C18H27N3O3S. The van der Waals surface area contributed by atoms with Crippen LogP contribution in [0.15, 0.2) is 29.2 Å². The van der Waals surface area contributed by atoms with Gasteiger partial charge in [0.1, 0.15) is 0 Å². The predicted octanol–water partition coefficient (Wildman–Crippen LogP) is 0.529. The summed E-state index contributed by atoms with van der Waals surface area (Å²) < 4.78 is 23.7. The molecule has 1 amide bonds. The minimum Gasteiger partial charge on any atom is -0.341 e. The molecule has 7 heteroatoms. The van der Waals surface area contributed by atoms with Gasteiger partial charge in [-0.1, -0.05) is 19.1 Å². The van der Waals surface area contributed by atoms with Gasteiger partial charge in [-0.15, -0.1) is 0 Å². The van der Waals surface area contributed by atoms with Crippen molar-refractivity contribution in [3.05, 3.63) is 29.8 Å². The molecule has 2 saturated heterocycles. The fraction of sp³-hybridized carbons (Fsp3) is 0.611. The van der Waals surface area contributed by atoms with E-state index in [9.17, 15) is 13.2 Å². The lowest BCUT2D eigenvalue weighted by atomic mass is 10.1. The number of carbonyl (C=O) groups is 1. The lowest BCUT2D eigenvalue weighted by Gasteiger charge is -2.32. The maximum absolute atomic E-state index is 12.6. The first-order chi connectivity index (χ1) is 12.0. The van der Waals surface area contributed by atoms with Crippen molar-refractivity contribution in [2.45, 2.75) is 30.7 Å². The first-order valence-corrected chi connectivity index (χ1v) is 10.7. The standard InChI is InChI=1S/C18H27N3O3S/c1-2-25(23,24)17-5-3-15(4-6-17)13-18(22)21-10-7-16(14-21)20-11-8-19-9-12-20/h3-6,16,19H,2,7-14H2,1H3. The van der Waals surface area contributed by atoms with Gasteiger partial charge in [0.15, 0.2) is 9.84 Å². The molecule has 25 heavy (non-hydrogen) atoms. The number of sulfone groups is 1. The average Bonchev–Trinajstić information content (AvgIpc) is 3.13. The molecule has 1 aromatic carbocycles. The second-order valence-electron chi connectivity index (χ2n) is 6.79. The molecule has 0 spiro atoms. The number of likely N-dealkylation sites (tertiary alicyclic amines) is 1. The second kappa shape index (κ2) is 7.85. The van der Waals surface area contributed by atoms with Crippen LogP contribution in [-0.2, 0) is 21.1 Å². The summed E-state index contributed by atoms with van der Waals surface area (Å²) in [5.41, 5.74) is 0.866. The third-order valence-corrected chi connectivity index (χ3v) is 6.95. The van der Waals surface area contributed by atoms with Crippen molar-refractivity contribution >= 4 is 15.7 Å². The van der Waals surface area contributed by atoms with E-state index in [0.717, 1.165) is 51.3 Å². The Labute approximate surface area is 150 Å². The summed E-state index contributed by atoms with van der Waals surface area (Å²) in [6.07, 6.45) is 1.38. The highest BCUT2D eigenvalue weighted by Gasteiger charge is 2.30. The monoisotopic (exact) mass is 365 g/mol. The number of piperazine rings is 1. The Balaban J connectivity index is 1.56. The molecule has 6 nitrogen and oxygen atoms in total. The van der Waals surface area contributed by atoms with Crippen molar-refractivity contribution in [3.8, 4) is 0 Å². The van der Waals surface area contributed by atoms with Crippen LogP contribution in [-0.4, -0.2) is 75.2 Å². The summed E-state index contributed by atoms with van der Waals surface area (Å²) in [4.78, 5) is 17.3. The van der Waals surface area contributed by atoms with Gasteiger partial charge in [-0.2, -0.15) is 0 Å². The number of nitrogens with one attached hydrogen (secondary N) is 1. The quantitative estimate of drug-likeness (QED) is 0.824. The number of nitrogens with zero attached hydrogens (tertiary/aromatic N) is 2. The van der Waals surface area contributed by atoms with Crippen molar-refractivity contribution < 1.29 is 13.2 Å². The molecule has 1 N–H and O–H groups in total. The first-order valence-electron chi connectivity index (χ1n) is 9.04. The highest BCUT2D eigenvalue weighted by atomic mass is 32.2. The minimum absolute atomic E-state index is 0.0897. The van der Waals surface area contributed by atoms with E-state index in [2.05, 4.69) is 10.2 Å². The van der Waals surface area contributed by atoms with E-state index in [1.165, 1.54) is 0 Å². The Morgan fingerprint density at radius 3 is 2.48 bits per heavy atom. The van der Waals surface area contributed by atoms with Crippen molar-refractivity contribution in [1.82, 2.24) is 15.1 Å². The lowest BCUT2D eigenvalue weighted by molar-refractivity contribution is -0.129. The second-order valence-corrected chi connectivity index (χ2v) is 9.07. The molecule has 1 unspecified atom stereocenters. The molecule has 3 rings (SSSR count). The SMILES string of the molecule is CCS(=O)(=O)c1ccc(CC(=O)N2CCC(N3CCNCC3)C2)cc1. The van der Waals surface area contributed by atoms with E-state index in [1.807, 2.05) is 4.90 Å². The molecule has 0 bridgehead atoms. The van der Waals surface area contributed by atoms with E-state index in [0.29, 0.717) is 17.4 Å². The van der Waals surface area contributed by atoms with Crippen LogP contribution in [0.25, 0.3) is 0 Å². The van der Waals surface area contributed by atoms with Crippen LogP contribution in [0.2, 0.25) is 0 Å². The third kappa shape index (κ3) is 4.40. The van der Waals surface area contributed by atoms with Gasteiger partial charge in [-0.05, 0) is 24.1 Å². The number of rotatable bonds is 5. The van der Waals surface area contributed by atoms with Crippen LogP contribution in [0.3, 0.4) is 0 Å². The summed E-state index contributed by atoms with van der Waals surface area (Å²) >= 11 is 0. The molecule has 2 aliphatic heterocycles. The van der Waals surface area contributed by atoms with Gasteiger partial charge in [0.2, 0.25) is 5.91 Å². The zero-order chi connectivity index (χ0) is 17.9. The summed E-state index contributed by atoms with van der Waals surface area (Å²) in [7, 11) is -3.18. The van der Waals surface area contributed by atoms with E-state index in [4.69, 9.17) is 0 Å². The minimum atomic E-state index is -3.18. The molecule has 0 saturated carbocycles. The Kier molecular flexibility index (Phi) is 5.76. The number of carbonyl (C=O) groups excluding carboxylic acids is 1. The number of hydrogen-bond acceptors (Lipinski definition) is 5. The van der Waals surface area contributed by atoms with Crippen LogP contribution in [0.1, 0.15) is 18.9 Å². The van der Waals surface area contributed by atoms with Gasteiger partial charge in [-0.25, -0.2) is 8.42 Å². The summed E-state index contributed by atoms with van der Waals surface area (Å²) in [5, 5.41) is 3.36. The Hall–Kier alpha value is -1.44. The van der Waals surface area contributed by atoms with Gasteiger partial charge in [0, 0.05) is 45.3 Å². The molecular weight excluding hydrogens is 338 g/mol. The number of hydrogen-bond donors (Lipinski definition) is 1. The van der Waals surface area contributed by atoms with Crippen molar-refractivity contribution in [3.63, 3.8) is 0 Å². The van der Waals surface area contributed by atoms with E-state index in [1.54, 1.807) is 31.2 Å². The molecule has 0 aromatic heterocycles. The maximum Gasteiger partial charge on any atom is 0.227 e. The Morgan fingerprint density at radius 2 is 1.84 bits per heavy atom. The van der Waals surface area contributed by atoms with Crippen LogP contribution < -0.4 is 5.32 Å². The van der Waals surface area contributed by atoms with Crippen molar-refractivity contribution in [2.24, 2.45) is 0 Å². The Morgan fingerprint density at radius 1 is 1.16 bits per heavy atom. The van der Waals surface area contributed by atoms with Crippen LogP contribution in [0.4, 0.5) is 0 Å². The Bertz CT molecular complexity index is 697. The van der Waals surface area contributed by atoms with E-state index in [-0.39, 0.29) is 11.7 Å². The topological polar surface area (TPSA) is 69.7 Å². The largest absolute Gasteiger partial charge is 0.341 e. The lowest BCUT2D eigenvalue weighted by Crippen LogP contribution is -2.49. The molecule has 2 heterocycles. The third-order valence-electron chi connectivity index (χ3n) is 5.20. The summed E-state index contributed by atoms with van der Waals surface area (Å²) in [5.74, 6) is 0.218. The van der Waals surface area contributed by atoms with Gasteiger partial charge < -0.3 is 10.2 Å². The number of benzene rings is 1. The van der Waals surface area contributed by atoms with E-state index < -0.39 is 9.84 Å². The highest BCUT2D eigenvalue weighted by Crippen LogP contribution is 2.18. The normalized spacial score (nSPS) is 22.3. The number of amides is 1. The highest BCUT2D eigenvalue weighted by molar-refractivity contribution is 7.91. The van der Waals surface area contributed by atoms with Gasteiger partial charge in [0.25, 0.3) is 0 Å². The molecule has 0 aliphatic carbocycles. The fourth-order valence-corrected chi connectivity index (χ4v) is 4.47.